The Hall–Kier alpha value is -1.93. The monoisotopic (exact) mass is 360 g/mol. The van der Waals surface area contributed by atoms with Gasteiger partial charge in [0.2, 0.25) is 5.89 Å². The average Bonchev–Trinajstić information content (AvgIpc) is 3.34. The molecular weight excluding hydrogens is 332 g/mol. The molecule has 0 amide bonds. The molecule has 1 N–H and O–H groups in total. The lowest BCUT2D eigenvalue weighted by atomic mass is 9.96. The van der Waals surface area contributed by atoms with Crippen LogP contribution in [0.1, 0.15) is 48.7 Å². The van der Waals surface area contributed by atoms with Crippen LogP contribution in [-0.2, 0) is 23.9 Å². The minimum atomic E-state index is -0.192. The van der Waals surface area contributed by atoms with Crippen LogP contribution in [0.5, 0.6) is 0 Å². The minimum absolute atomic E-state index is 0.192. The highest BCUT2D eigenvalue weighted by atomic mass is 16.5. The number of aromatic nitrogens is 4. The van der Waals surface area contributed by atoms with E-state index in [2.05, 4.69) is 32.4 Å². The Labute approximate surface area is 153 Å². The summed E-state index contributed by atoms with van der Waals surface area (Å²) in [4.78, 5) is 6.90. The van der Waals surface area contributed by atoms with E-state index >= 15 is 0 Å². The molecule has 2 aliphatic rings. The van der Waals surface area contributed by atoms with Gasteiger partial charge in [0, 0.05) is 39.2 Å². The first-order valence-corrected chi connectivity index (χ1v) is 9.50. The molecule has 0 bridgehead atoms. The van der Waals surface area contributed by atoms with Crippen LogP contribution in [0.2, 0.25) is 0 Å². The minimum Gasteiger partial charge on any atom is -0.378 e. The number of morpholine rings is 1. The van der Waals surface area contributed by atoms with Crippen molar-refractivity contribution < 1.29 is 9.26 Å². The standard InChI is InChI=1S/C18H28N6O2/c1-13-15(16(23(3)21-13)24-8-10-25-11-9-24)12-19-18(6-4-5-7-18)17-20-14(2)26-22-17/h19H,4-12H2,1-3H3. The average molecular weight is 360 g/mol. The molecule has 8 heteroatoms. The van der Waals surface area contributed by atoms with E-state index in [1.165, 1.54) is 24.2 Å². The lowest BCUT2D eigenvalue weighted by Gasteiger charge is -2.31. The molecular formula is C18H28N6O2. The molecule has 0 aromatic carbocycles. The zero-order valence-corrected chi connectivity index (χ0v) is 15.9. The van der Waals surface area contributed by atoms with Crippen molar-refractivity contribution >= 4 is 5.82 Å². The number of anilines is 1. The smallest absolute Gasteiger partial charge is 0.223 e. The van der Waals surface area contributed by atoms with Gasteiger partial charge >= 0.3 is 0 Å². The van der Waals surface area contributed by atoms with Gasteiger partial charge in [0.25, 0.3) is 0 Å². The van der Waals surface area contributed by atoms with Crippen molar-refractivity contribution in [2.45, 2.75) is 51.6 Å². The Morgan fingerprint density at radius 1 is 1.15 bits per heavy atom. The second-order valence-electron chi connectivity index (χ2n) is 7.39. The lowest BCUT2D eigenvalue weighted by molar-refractivity contribution is 0.122. The topological polar surface area (TPSA) is 81.2 Å². The van der Waals surface area contributed by atoms with Crippen LogP contribution in [0, 0.1) is 13.8 Å². The molecule has 2 aromatic rings. The summed E-state index contributed by atoms with van der Waals surface area (Å²) in [6.07, 6.45) is 4.45. The predicted octanol–water partition coefficient (Wildman–Crippen LogP) is 1.82. The molecule has 2 aromatic heterocycles. The number of hydrogen-bond acceptors (Lipinski definition) is 7. The summed E-state index contributed by atoms with van der Waals surface area (Å²) >= 11 is 0. The van der Waals surface area contributed by atoms with Gasteiger partial charge < -0.3 is 19.5 Å². The van der Waals surface area contributed by atoms with Gasteiger partial charge in [-0.25, -0.2) is 0 Å². The molecule has 142 valence electrons. The fraction of sp³-hybridized carbons (Fsp3) is 0.722. The molecule has 3 heterocycles. The molecule has 1 saturated carbocycles. The van der Waals surface area contributed by atoms with Crippen LogP contribution in [0.3, 0.4) is 0 Å². The fourth-order valence-electron chi connectivity index (χ4n) is 4.28. The van der Waals surface area contributed by atoms with E-state index in [1.807, 2.05) is 18.7 Å². The quantitative estimate of drug-likeness (QED) is 0.871. The summed E-state index contributed by atoms with van der Waals surface area (Å²) in [5.74, 6) is 2.61. The van der Waals surface area contributed by atoms with Crippen molar-refractivity contribution in [1.29, 1.82) is 0 Å². The van der Waals surface area contributed by atoms with Gasteiger partial charge in [0.05, 0.1) is 24.4 Å². The van der Waals surface area contributed by atoms with Gasteiger partial charge in [-0.2, -0.15) is 10.1 Å². The van der Waals surface area contributed by atoms with Crippen molar-refractivity contribution in [2.75, 3.05) is 31.2 Å². The second kappa shape index (κ2) is 7.00. The Bertz CT molecular complexity index is 756. The summed E-state index contributed by atoms with van der Waals surface area (Å²) in [6.45, 7) is 8.02. The van der Waals surface area contributed by atoms with Crippen LogP contribution >= 0.6 is 0 Å². The Balaban J connectivity index is 1.59. The molecule has 1 saturated heterocycles. The highest BCUT2D eigenvalue weighted by molar-refractivity contribution is 5.50. The molecule has 1 aliphatic heterocycles. The first-order chi connectivity index (χ1) is 12.6. The van der Waals surface area contributed by atoms with E-state index in [1.54, 1.807) is 0 Å². The second-order valence-corrected chi connectivity index (χ2v) is 7.39. The molecule has 0 atom stereocenters. The molecule has 0 spiro atoms. The van der Waals surface area contributed by atoms with E-state index in [9.17, 15) is 0 Å². The number of ether oxygens (including phenoxy) is 1. The van der Waals surface area contributed by atoms with E-state index in [4.69, 9.17) is 9.26 Å². The molecule has 4 rings (SSSR count). The number of nitrogens with zero attached hydrogens (tertiary/aromatic N) is 5. The van der Waals surface area contributed by atoms with Crippen molar-refractivity contribution in [3.05, 3.63) is 23.0 Å². The maximum Gasteiger partial charge on any atom is 0.223 e. The SMILES string of the molecule is Cc1nc(C2(NCc3c(C)nn(C)c3N3CCOCC3)CCCC2)no1. The van der Waals surface area contributed by atoms with E-state index in [0.29, 0.717) is 5.89 Å². The zero-order valence-electron chi connectivity index (χ0n) is 15.9. The van der Waals surface area contributed by atoms with Crippen molar-refractivity contribution in [3.63, 3.8) is 0 Å². The fourth-order valence-corrected chi connectivity index (χ4v) is 4.28. The van der Waals surface area contributed by atoms with Gasteiger partial charge in [-0.1, -0.05) is 18.0 Å². The number of nitrogens with one attached hydrogen (secondary N) is 1. The largest absolute Gasteiger partial charge is 0.378 e. The van der Waals surface area contributed by atoms with Crippen molar-refractivity contribution in [2.24, 2.45) is 7.05 Å². The maximum atomic E-state index is 5.51. The van der Waals surface area contributed by atoms with Gasteiger partial charge in [0.1, 0.15) is 5.82 Å². The lowest BCUT2D eigenvalue weighted by Crippen LogP contribution is -2.42. The van der Waals surface area contributed by atoms with Crippen LogP contribution < -0.4 is 10.2 Å². The predicted molar refractivity (Wildman–Crippen MR) is 97.0 cm³/mol. The first-order valence-electron chi connectivity index (χ1n) is 9.50. The summed E-state index contributed by atoms with van der Waals surface area (Å²) in [6, 6.07) is 0. The van der Waals surface area contributed by atoms with Crippen LogP contribution in [0.25, 0.3) is 0 Å². The van der Waals surface area contributed by atoms with Crippen LogP contribution in [0.4, 0.5) is 5.82 Å². The molecule has 2 fully saturated rings. The Morgan fingerprint density at radius 3 is 2.54 bits per heavy atom. The highest BCUT2D eigenvalue weighted by Gasteiger charge is 2.40. The molecule has 26 heavy (non-hydrogen) atoms. The van der Waals surface area contributed by atoms with Gasteiger partial charge in [-0.3, -0.25) is 4.68 Å². The third-order valence-electron chi connectivity index (χ3n) is 5.64. The number of aryl methyl sites for hydroxylation is 3. The summed E-state index contributed by atoms with van der Waals surface area (Å²) in [5, 5.41) is 12.7. The van der Waals surface area contributed by atoms with Crippen LogP contribution in [-0.4, -0.2) is 46.2 Å². The third kappa shape index (κ3) is 3.12. The third-order valence-corrected chi connectivity index (χ3v) is 5.64. The maximum absolute atomic E-state index is 5.51. The van der Waals surface area contributed by atoms with E-state index in [-0.39, 0.29) is 5.54 Å². The first kappa shape index (κ1) is 17.5. The summed E-state index contributed by atoms with van der Waals surface area (Å²) < 4.78 is 12.8. The van der Waals surface area contributed by atoms with Gasteiger partial charge in [-0.05, 0) is 19.8 Å². The number of hydrogen-bond donors (Lipinski definition) is 1. The zero-order chi connectivity index (χ0) is 18.1. The number of rotatable bonds is 5. The summed E-state index contributed by atoms with van der Waals surface area (Å²) in [5.41, 5.74) is 2.13. The molecule has 0 radical (unpaired) electrons. The Kier molecular flexibility index (Phi) is 4.71. The molecule has 1 aliphatic carbocycles. The van der Waals surface area contributed by atoms with E-state index in [0.717, 1.165) is 57.2 Å². The summed E-state index contributed by atoms with van der Waals surface area (Å²) in [7, 11) is 2.02. The van der Waals surface area contributed by atoms with Crippen molar-refractivity contribution in [3.8, 4) is 0 Å². The van der Waals surface area contributed by atoms with Crippen molar-refractivity contribution in [1.82, 2.24) is 25.2 Å². The Morgan fingerprint density at radius 2 is 1.88 bits per heavy atom. The van der Waals surface area contributed by atoms with Crippen LogP contribution in [0.15, 0.2) is 4.52 Å². The molecule has 0 unspecified atom stereocenters. The van der Waals surface area contributed by atoms with E-state index < -0.39 is 0 Å². The highest BCUT2D eigenvalue weighted by Crippen LogP contribution is 2.38. The van der Waals surface area contributed by atoms with Gasteiger partial charge in [-0.15, -0.1) is 0 Å². The normalized spacial score (nSPS) is 20.0. The molecule has 8 nitrogen and oxygen atoms in total. The van der Waals surface area contributed by atoms with Gasteiger partial charge in [0.15, 0.2) is 5.82 Å².